The quantitative estimate of drug-likeness (QED) is 0.602. The van der Waals surface area contributed by atoms with Gasteiger partial charge in [-0.1, -0.05) is 6.08 Å². The van der Waals surface area contributed by atoms with Crippen LogP contribution in [-0.4, -0.2) is 35.5 Å². The molecule has 0 aromatic heterocycles. The van der Waals surface area contributed by atoms with Gasteiger partial charge >= 0.3 is 0 Å². The van der Waals surface area contributed by atoms with Crippen LogP contribution in [0.15, 0.2) is 12.7 Å². The van der Waals surface area contributed by atoms with Gasteiger partial charge in [0.1, 0.15) is 11.7 Å². The molecule has 0 aromatic carbocycles. The molecule has 2 rings (SSSR count). The lowest BCUT2D eigenvalue weighted by atomic mass is 10.0. The summed E-state index contributed by atoms with van der Waals surface area (Å²) >= 11 is 0. The van der Waals surface area contributed by atoms with Gasteiger partial charge in [0.25, 0.3) is 0 Å². The first-order valence-electron chi connectivity index (χ1n) is 4.30. The summed E-state index contributed by atoms with van der Waals surface area (Å²) in [6, 6.07) is 0. The Morgan fingerprint density at radius 1 is 1.46 bits per heavy atom. The Balaban J connectivity index is 2.21. The zero-order valence-electron chi connectivity index (χ0n) is 7.82. The Hall–Kier alpha value is -0.420. The van der Waals surface area contributed by atoms with E-state index >= 15 is 0 Å². The molecule has 0 aromatic rings. The van der Waals surface area contributed by atoms with Crippen LogP contribution in [0.3, 0.4) is 0 Å². The van der Waals surface area contributed by atoms with Crippen molar-refractivity contribution in [2.45, 2.75) is 37.6 Å². The molecule has 0 unspecified atom stereocenters. The van der Waals surface area contributed by atoms with Crippen LogP contribution in [-0.2, 0) is 14.2 Å². The predicted octanol–water partition coefficient (Wildman–Crippen LogP) is 0.411. The molecule has 0 aliphatic carbocycles. The van der Waals surface area contributed by atoms with Crippen molar-refractivity contribution in [3.8, 4) is 0 Å². The van der Waals surface area contributed by atoms with Crippen molar-refractivity contribution in [3.63, 3.8) is 0 Å². The molecule has 0 spiro atoms. The van der Waals surface area contributed by atoms with E-state index in [-0.39, 0.29) is 6.61 Å². The van der Waals surface area contributed by atoms with Crippen molar-refractivity contribution in [2.75, 3.05) is 6.61 Å². The molecule has 0 bridgehead atoms. The second kappa shape index (κ2) is 2.54. The fourth-order valence-corrected chi connectivity index (χ4v) is 1.66. The maximum atomic E-state index is 9.95. The SMILES string of the molecule is C=C[C@@]1(O)CO[C@@H]2OC(C)(C)O[C@@H]21. The maximum Gasteiger partial charge on any atom is 0.190 e. The average molecular weight is 186 g/mol. The van der Waals surface area contributed by atoms with E-state index in [1.54, 1.807) is 13.8 Å². The fraction of sp³-hybridized carbons (Fsp3) is 0.778. The van der Waals surface area contributed by atoms with Gasteiger partial charge in [0, 0.05) is 0 Å². The Labute approximate surface area is 77.1 Å². The third kappa shape index (κ3) is 1.30. The fourth-order valence-electron chi connectivity index (χ4n) is 1.66. The summed E-state index contributed by atoms with van der Waals surface area (Å²) < 4.78 is 16.2. The van der Waals surface area contributed by atoms with Gasteiger partial charge in [0.05, 0.1) is 6.61 Å². The van der Waals surface area contributed by atoms with Crippen LogP contribution in [0, 0.1) is 0 Å². The minimum absolute atomic E-state index is 0.182. The van der Waals surface area contributed by atoms with E-state index in [0.29, 0.717) is 0 Å². The second-order valence-corrected chi connectivity index (χ2v) is 3.93. The van der Waals surface area contributed by atoms with Crippen LogP contribution in [0.4, 0.5) is 0 Å². The van der Waals surface area contributed by atoms with Crippen LogP contribution in [0.1, 0.15) is 13.8 Å². The lowest BCUT2D eigenvalue weighted by Gasteiger charge is -2.24. The van der Waals surface area contributed by atoms with Crippen molar-refractivity contribution < 1.29 is 19.3 Å². The monoisotopic (exact) mass is 186 g/mol. The molecule has 2 heterocycles. The van der Waals surface area contributed by atoms with E-state index in [9.17, 15) is 5.11 Å². The first kappa shape index (κ1) is 9.15. The van der Waals surface area contributed by atoms with Crippen molar-refractivity contribution in [2.24, 2.45) is 0 Å². The summed E-state index contributed by atoms with van der Waals surface area (Å²) in [5.74, 6) is -0.688. The van der Waals surface area contributed by atoms with Gasteiger partial charge in [-0.05, 0) is 13.8 Å². The highest BCUT2D eigenvalue weighted by molar-refractivity contribution is 5.08. The highest BCUT2D eigenvalue weighted by Crippen LogP contribution is 2.39. The zero-order chi connectivity index (χ0) is 9.69. The molecule has 0 radical (unpaired) electrons. The van der Waals surface area contributed by atoms with Crippen LogP contribution < -0.4 is 0 Å². The number of aliphatic hydroxyl groups is 1. The van der Waals surface area contributed by atoms with E-state index in [4.69, 9.17) is 14.2 Å². The molecule has 0 amide bonds. The number of ether oxygens (including phenoxy) is 3. The van der Waals surface area contributed by atoms with Gasteiger partial charge in [-0.2, -0.15) is 0 Å². The Morgan fingerprint density at radius 2 is 2.15 bits per heavy atom. The number of hydrogen-bond acceptors (Lipinski definition) is 4. The minimum Gasteiger partial charge on any atom is -0.380 e. The average Bonchev–Trinajstić information content (AvgIpc) is 2.49. The molecule has 2 saturated heterocycles. The van der Waals surface area contributed by atoms with Gasteiger partial charge in [-0.3, -0.25) is 0 Å². The molecule has 2 fully saturated rings. The number of fused-ring (bicyclic) bond motifs is 1. The Kier molecular flexibility index (Phi) is 1.79. The largest absolute Gasteiger partial charge is 0.380 e. The normalized spacial score (nSPS) is 47.6. The predicted molar refractivity (Wildman–Crippen MR) is 44.9 cm³/mol. The summed E-state index contributed by atoms with van der Waals surface area (Å²) in [4.78, 5) is 0. The van der Waals surface area contributed by atoms with E-state index in [2.05, 4.69) is 6.58 Å². The Morgan fingerprint density at radius 3 is 2.77 bits per heavy atom. The van der Waals surface area contributed by atoms with Gasteiger partial charge < -0.3 is 19.3 Å². The van der Waals surface area contributed by atoms with Crippen molar-refractivity contribution in [3.05, 3.63) is 12.7 Å². The summed E-state index contributed by atoms with van der Waals surface area (Å²) in [6.07, 6.45) is 0.514. The van der Waals surface area contributed by atoms with Crippen molar-refractivity contribution in [1.82, 2.24) is 0 Å². The first-order chi connectivity index (χ1) is 5.97. The second-order valence-electron chi connectivity index (χ2n) is 3.93. The highest BCUT2D eigenvalue weighted by Gasteiger charge is 2.56. The lowest BCUT2D eigenvalue weighted by Crippen LogP contribution is -2.42. The number of rotatable bonds is 1. The van der Waals surface area contributed by atoms with Crippen molar-refractivity contribution >= 4 is 0 Å². The zero-order valence-corrected chi connectivity index (χ0v) is 7.82. The summed E-state index contributed by atoms with van der Waals surface area (Å²) in [5.41, 5.74) is -1.11. The Bertz CT molecular complexity index is 238. The van der Waals surface area contributed by atoms with Gasteiger partial charge in [0.2, 0.25) is 0 Å². The van der Waals surface area contributed by atoms with Crippen LogP contribution >= 0.6 is 0 Å². The minimum atomic E-state index is -1.11. The standard InChI is InChI=1S/C9H14O4/c1-4-9(10)5-11-7-6(9)12-8(2,3)13-7/h4,6-7,10H,1,5H2,2-3H3/t6-,7+,9+/m0/s1. The third-order valence-electron chi connectivity index (χ3n) is 2.38. The highest BCUT2D eigenvalue weighted by atomic mass is 16.8. The molecular weight excluding hydrogens is 172 g/mol. The molecule has 4 nitrogen and oxygen atoms in total. The summed E-state index contributed by atoms with van der Waals surface area (Å²) in [5, 5.41) is 9.95. The molecule has 4 heteroatoms. The van der Waals surface area contributed by atoms with Crippen LogP contribution in [0.5, 0.6) is 0 Å². The van der Waals surface area contributed by atoms with E-state index < -0.39 is 23.8 Å². The van der Waals surface area contributed by atoms with Gasteiger partial charge in [-0.25, -0.2) is 0 Å². The topological polar surface area (TPSA) is 47.9 Å². The molecule has 2 aliphatic rings. The van der Waals surface area contributed by atoms with Crippen LogP contribution in [0.25, 0.3) is 0 Å². The van der Waals surface area contributed by atoms with E-state index in [1.807, 2.05) is 0 Å². The molecule has 1 N–H and O–H groups in total. The molecule has 0 saturated carbocycles. The van der Waals surface area contributed by atoms with E-state index in [1.165, 1.54) is 6.08 Å². The molecule has 13 heavy (non-hydrogen) atoms. The summed E-state index contributed by atoms with van der Waals surface area (Å²) in [7, 11) is 0. The van der Waals surface area contributed by atoms with Gasteiger partial charge in [0.15, 0.2) is 12.1 Å². The molecule has 3 atom stereocenters. The van der Waals surface area contributed by atoms with Crippen LogP contribution in [0.2, 0.25) is 0 Å². The lowest BCUT2D eigenvalue weighted by molar-refractivity contribution is -0.206. The molecular formula is C9H14O4. The third-order valence-corrected chi connectivity index (χ3v) is 2.38. The smallest absolute Gasteiger partial charge is 0.190 e. The van der Waals surface area contributed by atoms with Gasteiger partial charge in [-0.15, -0.1) is 6.58 Å². The molecule has 2 aliphatic heterocycles. The molecule has 74 valence electrons. The first-order valence-corrected chi connectivity index (χ1v) is 4.30. The maximum absolute atomic E-state index is 9.95. The summed E-state index contributed by atoms with van der Waals surface area (Å²) in [6.45, 7) is 7.32. The number of hydrogen-bond donors (Lipinski definition) is 1. The van der Waals surface area contributed by atoms with E-state index in [0.717, 1.165) is 0 Å². The van der Waals surface area contributed by atoms with Crippen molar-refractivity contribution in [1.29, 1.82) is 0 Å².